The van der Waals surface area contributed by atoms with Crippen LogP contribution in [0.4, 0.5) is 5.82 Å². The maximum atomic E-state index is 10.8. The number of methoxy groups -OCH3 is 1. The molecule has 1 unspecified atom stereocenters. The van der Waals surface area contributed by atoms with E-state index in [4.69, 9.17) is 14.2 Å². The normalized spacial score (nSPS) is 35.5. The maximum Gasteiger partial charge on any atom is 0.196 e. The molecule has 3 rings (SSSR count). The second-order valence-corrected chi connectivity index (χ2v) is 6.19. The molecule has 0 aliphatic carbocycles. The Labute approximate surface area is 140 Å². The van der Waals surface area contributed by atoms with Crippen molar-refractivity contribution in [1.82, 2.24) is 9.55 Å². The summed E-state index contributed by atoms with van der Waals surface area (Å²) >= 11 is 0. The fraction of sp³-hybridized carbons (Fsp3) is 0.733. The van der Waals surface area contributed by atoms with Gasteiger partial charge in [-0.05, 0) is 20.8 Å². The number of aromatic nitrogens is 2. The number of aliphatic hydroxyl groups is 2. The second kappa shape index (κ2) is 6.41. The third-order valence-electron chi connectivity index (χ3n) is 4.33. The Morgan fingerprint density at radius 3 is 2.92 bits per heavy atom. The first-order valence-corrected chi connectivity index (χ1v) is 7.94. The van der Waals surface area contributed by atoms with E-state index in [1.807, 2.05) is 13.8 Å². The highest BCUT2D eigenvalue weighted by Crippen LogP contribution is 2.42. The SMILES string of the molecule is CCOC1N=C(C)Nc2c1ncn2[C@@H]1O[C@H](COC)[C@@H](O)[C@@]1(C)O. The van der Waals surface area contributed by atoms with Gasteiger partial charge in [-0.3, -0.25) is 4.57 Å². The third kappa shape index (κ3) is 2.72. The topological polar surface area (TPSA) is 110 Å². The lowest BCUT2D eigenvalue weighted by atomic mass is 9.96. The maximum absolute atomic E-state index is 10.8. The van der Waals surface area contributed by atoms with Gasteiger partial charge in [0, 0.05) is 13.7 Å². The fourth-order valence-corrected chi connectivity index (χ4v) is 3.12. The molecule has 5 atom stereocenters. The fourth-order valence-electron chi connectivity index (χ4n) is 3.12. The number of rotatable bonds is 5. The average Bonchev–Trinajstić information content (AvgIpc) is 3.02. The van der Waals surface area contributed by atoms with E-state index in [0.29, 0.717) is 24.0 Å². The van der Waals surface area contributed by atoms with Crippen LogP contribution in [0.2, 0.25) is 0 Å². The molecule has 3 N–H and O–H groups in total. The summed E-state index contributed by atoms with van der Waals surface area (Å²) in [5.74, 6) is 1.31. The molecule has 0 bridgehead atoms. The summed E-state index contributed by atoms with van der Waals surface area (Å²) in [7, 11) is 1.52. The van der Waals surface area contributed by atoms with Crippen LogP contribution in [0.25, 0.3) is 0 Å². The molecule has 134 valence electrons. The van der Waals surface area contributed by atoms with Gasteiger partial charge >= 0.3 is 0 Å². The van der Waals surface area contributed by atoms with E-state index in [0.717, 1.165) is 0 Å². The first kappa shape index (κ1) is 17.3. The summed E-state index contributed by atoms with van der Waals surface area (Å²) in [5.41, 5.74) is -0.880. The summed E-state index contributed by atoms with van der Waals surface area (Å²) in [6.45, 7) is 5.93. The van der Waals surface area contributed by atoms with Crippen molar-refractivity contribution in [3.63, 3.8) is 0 Å². The zero-order valence-corrected chi connectivity index (χ0v) is 14.3. The number of nitrogens with zero attached hydrogens (tertiary/aromatic N) is 3. The summed E-state index contributed by atoms with van der Waals surface area (Å²) in [5, 5.41) is 24.3. The number of fused-ring (bicyclic) bond motifs is 1. The van der Waals surface area contributed by atoms with E-state index >= 15 is 0 Å². The van der Waals surface area contributed by atoms with Crippen LogP contribution in [0.5, 0.6) is 0 Å². The molecule has 1 aromatic rings. The van der Waals surface area contributed by atoms with E-state index in [1.54, 1.807) is 10.9 Å². The molecule has 0 amide bonds. The highest BCUT2D eigenvalue weighted by Gasteiger charge is 2.53. The third-order valence-corrected chi connectivity index (χ3v) is 4.33. The Balaban J connectivity index is 1.95. The van der Waals surface area contributed by atoms with Crippen molar-refractivity contribution in [2.24, 2.45) is 4.99 Å². The number of ether oxygens (including phenoxy) is 3. The van der Waals surface area contributed by atoms with Crippen LogP contribution in [0.1, 0.15) is 38.9 Å². The quantitative estimate of drug-likeness (QED) is 0.712. The largest absolute Gasteiger partial charge is 0.387 e. The summed E-state index contributed by atoms with van der Waals surface area (Å²) < 4.78 is 18.2. The predicted molar refractivity (Wildman–Crippen MR) is 85.7 cm³/mol. The standard InChI is InChI=1S/C15H24N4O5/c1-5-23-13-10-12(17-8(2)18-13)19(7-16-10)14-15(3,21)11(20)9(24-14)6-22-4/h7,9,11,13-14,20-21H,5-6H2,1-4H3,(H,17,18)/t9-,11-,13?,14-,15-/m1/s1. The number of nitrogens with one attached hydrogen (secondary N) is 1. The van der Waals surface area contributed by atoms with Crippen molar-refractivity contribution >= 4 is 11.7 Å². The van der Waals surface area contributed by atoms with Crippen LogP contribution in [0, 0.1) is 0 Å². The van der Waals surface area contributed by atoms with Crippen molar-refractivity contribution < 1.29 is 24.4 Å². The van der Waals surface area contributed by atoms with Gasteiger partial charge in [0.2, 0.25) is 0 Å². The van der Waals surface area contributed by atoms with Gasteiger partial charge in [-0.15, -0.1) is 0 Å². The average molecular weight is 340 g/mol. The molecule has 1 aromatic heterocycles. The van der Waals surface area contributed by atoms with Crippen molar-refractivity contribution in [3.05, 3.63) is 12.0 Å². The van der Waals surface area contributed by atoms with E-state index in [1.165, 1.54) is 14.0 Å². The minimum absolute atomic E-state index is 0.181. The molecule has 2 aliphatic heterocycles. The number of amidine groups is 1. The molecule has 2 aliphatic rings. The lowest BCUT2D eigenvalue weighted by Crippen LogP contribution is -2.44. The van der Waals surface area contributed by atoms with Gasteiger partial charge in [0.25, 0.3) is 0 Å². The number of aliphatic imine (C=N–C) groups is 1. The Morgan fingerprint density at radius 1 is 1.50 bits per heavy atom. The van der Waals surface area contributed by atoms with Crippen LogP contribution in [0.15, 0.2) is 11.3 Å². The zero-order chi connectivity index (χ0) is 17.5. The molecule has 1 fully saturated rings. The molecule has 9 heteroatoms. The summed E-state index contributed by atoms with van der Waals surface area (Å²) in [4.78, 5) is 8.75. The van der Waals surface area contributed by atoms with E-state index in [-0.39, 0.29) is 6.61 Å². The van der Waals surface area contributed by atoms with Gasteiger partial charge in [0.1, 0.15) is 35.2 Å². The number of anilines is 1. The molecule has 1 saturated heterocycles. The molecule has 0 aromatic carbocycles. The van der Waals surface area contributed by atoms with Crippen molar-refractivity contribution in [2.75, 3.05) is 25.6 Å². The van der Waals surface area contributed by atoms with Gasteiger partial charge in [0.15, 0.2) is 12.5 Å². The van der Waals surface area contributed by atoms with Gasteiger partial charge < -0.3 is 29.7 Å². The van der Waals surface area contributed by atoms with Gasteiger partial charge in [-0.2, -0.15) is 0 Å². The summed E-state index contributed by atoms with van der Waals surface area (Å²) in [6, 6.07) is 0. The van der Waals surface area contributed by atoms with Gasteiger partial charge in [-0.1, -0.05) is 0 Å². The number of hydrogen-bond acceptors (Lipinski definition) is 8. The molecule has 3 heterocycles. The molecular weight excluding hydrogens is 316 g/mol. The van der Waals surface area contributed by atoms with Crippen LogP contribution in [-0.2, 0) is 14.2 Å². The minimum atomic E-state index is -1.50. The Hall–Kier alpha value is -1.52. The first-order valence-electron chi connectivity index (χ1n) is 7.94. The molecular formula is C15H24N4O5. The smallest absolute Gasteiger partial charge is 0.196 e. The molecule has 0 spiro atoms. The highest BCUT2D eigenvalue weighted by atomic mass is 16.6. The zero-order valence-electron chi connectivity index (χ0n) is 14.3. The van der Waals surface area contributed by atoms with Crippen molar-refractivity contribution in [1.29, 1.82) is 0 Å². The molecule has 0 radical (unpaired) electrons. The monoisotopic (exact) mass is 340 g/mol. The van der Waals surface area contributed by atoms with Crippen LogP contribution in [-0.4, -0.2) is 63.7 Å². The van der Waals surface area contributed by atoms with Crippen LogP contribution in [0.3, 0.4) is 0 Å². The van der Waals surface area contributed by atoms with Crippen molar-refractivity contribution in [3.8, 4) is 0 Å². The van der Waals surface area contributed by atoms with Crippen molar-refractivity contribution in [2.45, 2.75) is 51.0 Å². The van der Waals surface area contributed by atoms with E-state index < -0.39 is 30.3 Å². The summed E-state index contributed by atoms with van der Waals surface area (Å²) in [6.07, 6.45) is -1.47. The van der Waals surface area contributed by atoms with Gasteiger partial charge in [-0.25, -0.2) is 9.98 Å². The molecule has 24 heavy (non-hydrogen) atoms. The van der Waals surface area contributed by atoms with E-state index in [9.17, 15) is 10.2 Å². The predicted octanol–water partition coefficient (Wildman–Crippen LogP) is 0.418. The molecule has 9 nitrogen and oxygen atoms in total. The lowest BCUT2D eigenvalue weighted by Gasteiger charge is -2.29. The van der Waals surface area contributed by atoms with E-state index in [2.05, 4.69) is 15.3 Å². The first-order chi connectivity index (χ1) is 11.4. The minimum Gasteiger partial charge on any atom is -0.387 e. The molecule has 0 saturated carbocycles. The Morgan fingerprint density at radius 2 is 2.25 bits per heavy atom. The Kier molecular flexibility index (Phi) is 4.63. The number of hydrogen-bond donors (Lipinski definition) is 3. The lowest BCUT2D eigenvalue weighted by molar-refractivity contribution is -0.0963. The van der Waals surface area contributed by atoms with Crippen LogP contribution < -0.4 is 5.32 Å². The number of aliphatic hydroxyl groups excluding tert-OH is 1. The highest BCUT2D eigenvalue weighted by molar-refractivity contribution is 5.94. The van der Waals surface area contributed by atoms with Crippen LogP contribution >= 0.6 is 0 Å². The second-order valence-electron chi connectivity index (χ2n) is 6.19. The number of imidazole rings is 1. The Bertz CT molecular complexity index is 629. The van der Waals surface area contributed by atoms with Gasteiger partial charge in [0.05, 0.1) is 12.9 Å².